The van der Waals surface area contributed by atoms with Gasteiger partial charge in [0.15, 0.2) is 0 Å². The molecule has 0 fully saturated rings. The van der Waals surface area contributed by atoms with Gasteiger partial charge in [-0.15, -0.1) is 0 Å². The monoisotopic (exact) mass is 651 g/mol. The van der Waals surface area contributed by atoms with Crippen molar-refractivity contribution in [2.24, 2.45) is 0 Å². The molecule has 4 nitrogen and oxygen atoms in total. The average Bonchev–Trinajstić information content (AvgIpc) is 3.06. The molecule has 4 aromatic carbocycles. The van der Waals surface area contributed by atoms with E-state index in [1.165, 1.54) is 24.0 Å². The minimum atomic E-state index is -4.28. The summed E-state index contributed by atoms with van der Waals surface area (Å²) in [7, 11) is -4.28. The highest BCUT2D eigenvalue weighted by atomic mass is 127. The number of aromatic nitrogens is 1. The van der Waals surface area contributed by atoms with Gasteiger partial charge in [-0.1, -0.05) is 24.3 Å². The van der Waals surface area contributed by atoms with E-state index >= 15 is 0 Å². The maximum absolute atomic E-state index is 11.6. The predicted molar refractivity (Wildman–Crippen MR) is 143 cm³/mol. The Labute approximate surface area is 206 Å². The zero-order chi connectivity index (χ0) is 21.8. The summed E-state index contributed by atoms with van der Waals surface area (Å²) >= 11 is 4.69. The van der Waals surface area contributed by atoms with Crippen LogP contribution in [0, 0.1) is 7.14 Å². The standard InChI is InChI=1S/C24H16I2NO3P/c25-17-6-10-23-21(13-17)22-14-18(26)7-11-24(22)27(23)19-8-4-15(5-9-19)16-2-1-3-20(12-16)31(28,29)30/h1-14H,(H2,28,29,30). The van der Waals surface area contributed by atoms with Gasteiger partial charge in [-0.25, -0.2) is 0 Å². The highest BCUT2D eigenvalue weighted by Gasteiger charge is 2.17. The molecule has 5 aromatic rings. The van der Waals surface area contributed by atoms with Crippen molar-refractivity contribution in [2.45, 2.75) is 0 Å². The van der Waals surface area contributed by atoms with Gasteiger partial charge in [0, 0.05) is 23.6 Å². The van der Waals surface area contributed by atoms with Crippen molar-refractivity contribution in [1.29, 1.82) is 0 Å². The van der Waals surface area contributed by atoms with Crippen LogP contribution < -0.4 is 5.30 Å². The highest BCUT2D eigenvalue weighted by molar-refractivity contribution is 14.1. The molecule has 0 aliphatic carbocycles. The Morgan fingerprint density at radius 1 is 0.677 bits per heavy atom. The van der Waals surface area contributed by atoms with E-state index in [-0.39, 0.29) is 5.30 Å². The molecule has 0 saturated heterocycles. The zero-order valence-corrected chi connectivity index (χ0v) is 21.2. The van der Waals surface area contributed by atoms with Crippen molar-refractivity contribution in [2.75, 3.05) is 0 Å². The molecule has 0 spiro atoms. The van der Waals surface area contributed by atoms with Crippen LogP contribution in [-0.4, -0.2) is 14.4 Å². The summed E-state index contributed by atoms with van der Waals surface area (Å²) in [6.07, 6.45) is 0. The van der Waals surface area contributed by atoms with Gasteiger partial charge < -0.3 is 14.4 Å². The molecule has 31 heavy (non-hydrogen) atoms. The molecule has 0 unspecified atom stereocenters. The van der Waals surface area contributed by atoms with E-state index in [1.54, 1.807) is 12.1 Å². The largest absolute Gasteiger partial charge is 0.356 e. The molecule has 0 radical (unpaired) electrons. The fourth-order valence-corrected chi connectivity index (χ4v) is 5.49. The van der Waals surface area contributed by atoms with Gasteiger partial charge in [0.2, 0.25) is 0 Å². The topological polar surface area (TPSA) is 62.5 Å². The summed E-state index contributed by atoms with van der Waals surface area (Å²) in [5.74, 6) is 0. The average molecular weight is 651 g/mol. The van der Waals surface area contributed by atoms with E-state index in [0.717, 1.165) is 27.8 Å². The first-order valence-corrected chi connectivity index (χ1v) is 13.2. The van der Waals surface area contributed by atoms with Crippen LogP contribution in [0.15, 0.2) is 84.9 Å². The summed E-state index contributed by atoms with van der Waals surface area (Å²) in [6, 6.07) is 27.6. The minimum Gasteiger partial charge on any atom is -0.321 e. The third kappa shape index (κ3) is 3.96. The molecule has 154 valence electrons. The van der Waals surface area contributed by atoms with E-state index in [0.29, 0.717) is 0 Å². The van der Waals surface area contributed by atoms with Crippen LogP contribution in [0.1, 0.15) is 0 Å². The van der Waals surface area contributed by atoms with E-state index in [9.17, 15) is 14.4 Å². The molecule has 7 heteroatoms. The second-order valence-electron chi connectivity index (χ2n) is 7.30. The number of rotatable bonds is 3. The number of hydrogen-bond acceptors (Lipinski definition) is 1. The third-order valence-electron chi connectivity index (χ3n) is 5.33. The summed E-state index contributed by atoms with van der Waals surface area (Å²) in [5, 5.41) is 2.47. The first-order chi connectivity index (χ1) is 14.8. The van der Waals surface area contributed by atoms with Gasteiger partial charge in [0.1, 0.15) is 0 Å². The van der Waals surface area contributed by atoms with Gasteiger partial charge >= 0.3 is 7.60 Å². The SMILES string of the molecule is O=P(O)(O)c1cccc(-c2ccc(-n3c4ccc(I)cc4c4cc(I)ccc43)cc2)c1. The molecule has 0 amide bonds. The molecule has 0 saturated carbocycles. The Balaban J connectivity index is 1.66. The fourth-order valence-electron chi connectivity index (χ4n) is 3.92. The first kappa shape index (κ1) is 21.2. The molecule has 1 aromatic heterocycles. The van der Waals surface area contributed by atoms with Crippen LogP contribution in [0.25, 0.3) is 38.6 Å². The van der Waals surface area contributed by atoms with Crippen molar-refractivity contribution in [1.82, 2.24) is 4.57 Å². The van der Waals surface area contributed by atoms with Crippen LogP contribution >= 0.6 is 52.8 Å². The van der Waals surface area contributed by atoms with Crippen molar-refractivity contribution in [3.63, 3.8) is 0 Å². The van der Waals surface area contributed by atoms with Crippen LogP contribution in [0.3, 0.4) is 0 Å². The van der Waals surface area contributed by atoms with Crippen LogP contribution in [0.5, 0.6) is 0 Å². The maximum atomic E-state index is 11.6. The molecule has 2 N–H and O–H groups in total. The fraction of sp³-hybridized carbons (Fsp3) is 0. The van der Waals surface area contributed by atoms with Gasteiger partial charge in [0.25, 0.3) is 0 Å². The lowest BCUT2D eigenvalue weighted by atomic mass is 10.1. The lowest BCUT2D eigenvalue weighted by Gasteiger charge is -2.10. The summed E-state index contributed by atoms with van der Waals surface area (Å²) in [5.41, 5.74) is 5.02. The van der Waals surface area contributed by atoms with Crippen LogP contribution in [0.2, 0.25) is 0 Å². The molecular weight excluding hydrogens is 635 g/mol. The summed E-state index contributed by atoms with van der Waals surface area (Å²) < 4.78 is 16.3. The van der Waals surface area contributed by atoms with Gasteiger partial charge in [-0.05, 0) is 117 Å². The minimum absolute atomic E-state index is 0.0284. The van der Waals surface area contributed by atoms with Crippen molar-refractivity contribution in [3.8, 4) is 16.8 Å². The lowest BCUT2D eigenvalue weighted by Crippen LogP contribution is -2.03. The number of benzene rings is 4. The van der Waals surface area contributed by atoms with E-state index in [2.05, 4.69) is 86.1 Å². The van der Waals surface area contributed by atoms with E-state index < -0.39 is 7.60 Å². The molecule has 1 heterocycles. The quantitative estimate of drug-likeness (QED) is 0.174. The van der Waals surface area contributed by atoms with Gasteiger partial charge in [-0.3, -0.25) is 4.57 Å². The number of halogens is 2. The van der Waals surface area contributed by atoms with Crippen molar-refractivity contribution < 1.29 is 14.4 Å². The number of nitrogens with zero attached hydrogens (tertiary/aromatic N) is 1. The number of hydrogen-bond donors (Lipinski definition) is 2. The van der Waals surface area contributed by atoms with Crippen molar-refractivity contribution in [3.05, 3.63) is 92.1 Å². The van der Waals surface area contributed by atoms with Gasteiger partial charge in [0.05, 0.1) is 16.3 Å². The molecule has 0 aliphatic heterocycles. The molecular formula is C24H16I2NO3P. The Hall–Kier alpha value is -1.71. The maximum Gasteiger partial charge on any atom is 0.356 e. The Kier molecular flexibility index (Phi) is 5.46. The highest BCUT2D eigenvalue weighted by Crippen LogP contribution is 2.36. The van der Waals surface area contributed by atoms with Crippen LogP contribution in [-0.2, 0) is 4.57 Å². The number of fused-ring (bicyclic) bond motifs is 3. The first-order valence-electron chi connectivity index (χ1n) is 9.47. The van der Waals surface area contributed by atoms with E-state index in [1.807, 2.05) is 30.3 Å². The third-order valence-corrected chi connectivity index (χ3v) is 7.62. The zero-order valence-electron chi connectivity index (χ0n) is 16.0. The van der Waals surface area contributed by atoms with Gasteiger partial charge in [-0.2, -0.15) is 0 Å². The van der Waals surface area contributed by atoms with Crippen LogP contribution in [0.4, 0.5) is 0 Å². The van der Waals surface area contributed by atoms with E-state index in [4.69, 9.17) is 0 Å². The Morgan fingerprint density at radius 2 is 1.26 bits per heavy atom. The molecule has 5 rings (SSSR count). The lowest BCUT2D eigenvalue weighted by molar-refractivity contribution is 0.387. The smallest absolute Gasteiger partial charge is 0.321 e. The Morgan fingerprint density at radius 3 is 1.81 bits per heavy atom. The summed E-state index contributed by atoms with van der Waals surface area (Å²) in [6.45, 7) is 0. The normalized spacial score (nSPS) is 12.0. The molecule has 0 atom stereocenters. The predicted octanol–water partition coefficient (Wildman–Crippen LogP) is 6.46. The summed E-state index contributed by atoms with van der Waals surface area (Å²) in [4.78, 5) is 19.0. The molecule has 0 aliphatic rings. The second-order valence-corrected chi connectivity index (χ2v) is 11.4. The van der Waals surface area contributed by atoms with Crippen molar-refractivity contribution >= 4 is 79.9 Å². The molecule has 0 bridgehead atoms. The Bertz CT molecular complexity index is 1440. The second kappa shape index (κ2) is 8.01.